The molecule has 3 N–H and O–H groups in total. The molecule has 1 heterocycles. The molecular formula is C16H18FN3O. The van der Waals surface area contributed by atoms with Crippen LogP contribution in [0, 0.1) is 5.82 Å². The number of nitrogens with zero attached hydrogens (tertiary/aromatic N) is 1. The lowest BCUT2D eigenvalue weighted by molar-refractivity contribution is -0.125. The molecule has 0 spiro atoms. The Morgan fingerprint density at radius 1 is 1.29 bits per heavy atom. The van der Waals surface area contributed by atoms with Gasteiger partial charge in [-0.3, -0.25) is 15.1 Å². The van der Waals surface area contributed by atoms with Gasteiger partial charge in [-0.25, -0.2) is 4.39 Å². The molecule has 5 heteroatoms. The van der Waals surface area contributed by atoms with Crippen molar-refractivity contribution in [3.8, 4) is 0 Å². The molecule has 1 atom stereocenters. The van der Waals surface area contributed by atoms with Crippen LogP contribution in [0.4, 0.5) is 4.39 Å². The highest BCUT2D eigenvalue weighted by atomic mass is 19.1. The van der Waals surface area contributed by atoms with Gasteiger partial charge in [0, 0.05) is 6.54 Å². The first kappa shape index (κ1) is 15.1. The second-order valence-corrected chi connectivity index (χ2v) is 4.82. The van der Waals surface area contributed by atoms with Gasteiger partial charge < -0.3 is 5.73 Å². The number of primary amides is 1. The number of pyridine rings is 1. The maximum atomic E-state index is 13.0. The molecule has 0 fully saturated rings. The van der Waals surface area contributed by atoms with Crippen molar-refractivity contribution in [2.45, 2.75) is 25.4 Å². The van der Waals surface area contributed by atoms with Gasteiger partial charge in [0.05, 0.1) is 11.9 Å². The van der Waals surface area contributed by atoms with Crippen LogP contribution in [0.5, 0.6) is 0 Å². The van der Waals surface area contributed by atoms with Crippen molar-refractivity contribution in [3.05, 3.63) is 65.7 Å². The normalized spacial score (nSPS) is 13.6. The van der Waals surface area contributed by atoms with Gasteiger partial charge in [0.1, 0.15) is 11.4 Å². The summed E-state index contributed by atoms with van der Waals surface area (Å²) in [5, 5.41) is 3.17. The molecule has 2 rings (SSSR count). The summed E-state index contributed by atoms with van der Waals surface area (Å²) in [6, 6.07) is 12.4. The van der Waals surface area contributed by atoms with E-state index in [4.69, 9.17) is 5.73 Å². The minimum atomic E-state index is -1.11. The second kappa shape index (κ2) is 6.45. The SMILES string of the molecule is CCC(NCc1ccccc1)(C(N)=O)c1ccc(F)cn1. The van der Waals surface area contributed by atoms with Crippen LogP contribution in [0.25, 0.3) is 0 Å². The van der Waals surface area contributed by atoms with Crippen molar-refractivity contribution in [1.29, 1.82) is 0 Å². The van der Waals surface area contributed by atoms with Crippen molar-refractivity contribution in [1.82, 2.24) is 10.3 Å². The average Bonchev–Trinajstić information content (AvgIpc) is 2.50. The Bertz CT molecular complexity index is 601. The molecule has 0 bridgehead atoms. The molecule has 1 aromatic heterocycles. The fraction of sp³-hybridized carbons (Fsp3) is 0.250. The molecule has 0 aliphatic rings. The van der Waals surface area contributed by atoms with Crippen LogP contribution in [0.15, 0.2) is 48.7 Å². The Labute approximate surface area is 123 Å². The van der Waals surface area contributed by atoms with Gasteiger partial charge in [-0.2, -0.15) is 0 Å². The first-order valence-electron chi connectivity index (χ1n) is 6.79. The Hall–Kier alpha value is -2.27. The summed E-state index contributed by atoms with van der Waals surface area (Å²) >= 11 is 0. The number of halogens is 1. The lowest BCUT2D eigenvalue weighted by Gasteiger charge is -2.30. The summed E-state index contributed by atoms with van der Waals surface area (Å²) in [7, 11) is 0. The van der Waals surface area contributed by atoms with E-state index < -0.39 is 17.3 Å². The summed E-state index contributed by atoms with van der Waals surface area (Å²) in [6.07, 6.45) is 1.51. The fourth-order valence-electron chi connectivity index (χ4n) is 2.26. The molecule has 0 saturated carbocycles. The first-order chi connectivity index (χ1) is 10.1. The number of amides is 1. The van der Waals surface area contributed by atoms with E-state index in [2.05, 4.69) is 10.3 Å². The highest BCUT2D eigenvalue weighted by Crippen LogP contribution is 2.24. The molecule has 21 heavy (non-hydrogen) atoms. The van der Waals surface area contributed by atoms with Crippen molar-refractivity contribution in [2.24, 2.45) is 5.73 Å². The molecule has 0 aliphatic heterocycles. The predicted octanol–water partition coefficient (Wildman–Crippen LogP) is 2.10. The van der Waals surface area contributed by atoms with Crippen LogP contribution in [-0.4, -0.2) is 10.9 Å². The molecule has 0 aliphatic carbocycles. The summed E-state index contributed by atoms with van der Waals surface area (Å²) in [5.41, 5.74) is 5.93. The third kappa shape index (κ3) is 3.25. The minimum Gasteiger partial charge on any atom is -0.368 e. The van der Waals surface area contributed by atoms with Crippen LogP contribution < -0.4 is 11.1 Å². The van der Waals surface area contributed by atoms with E-state index >= 15 is 0 Å². The number of hydrogen-bond donors (Lipinski definition) is 2. The van der Waals surface area contributed by atoms with Gasteiger partial charge in [0.25, 0.3) is 0 Å². The number of benzene rings is 1. The summed E-state index contributed by atoms with van der Waals surface area (Å²) in [5.74, 6) is -0.976. The summed E-state index contributed by atoms with van der Waals surface area (Å²) in [4.78, 5) is 16.0. The second-order valence-electron chi connectivity index (χ2n) is 4.82. The van der Waals surface area contributed by atoms with Gasteiger partial charge >= 0.3 is 0 Å². The third-order valence-electron chi connectivity index (χ3n) is 3.55. The number of aromatic nitrogens is 1. The van der Waals surface area contributed by atoms with Crippen LogP contribution in [0.3, 0.4) is 0 Å². The largest absolute Gasteiger partial charge is 0.368 e. The van der Waals surface area contributed by atoms with E-state index in [9.17, 15) is 9.18 Å². The van der Waals surface area contributed by atoms with Crippen molar-refractivity contribution < 1.29 is 9.18 Å². The highest BCUT2D eigenvalue weighted by Gasteiger charge is 2.37. The first-order valence-corrected chi connectivity index (χ1v) is 6.79. The Morgan fingerprint density at radius 2 is 2.00 bits per heavy atom. The Morgan fingerprint density at radius 3 is 2.52 bits per heavy atom. The van der Waals surface area contributed by atoms with E-state index in [1.54, 1.807) is 0 Å². The predicted molar refractivity (Wildman–Crippen MR) is 78.6 cm³/mol. The van der Waals surface area contributed by atoms with Crippen molar-refractivity contribution >= 4 is 5.91 Å². The van der Waals surface area contributed by atoms with Crippen LogP contribution in [-0.2, 0) is 16.9 Å². The van der Waals surface area contributed by atoms with E-state index in [1.165, 1.54) is 12.1 Å². The maximum absolute atomic E-state index is 13.0. The zero-order valence-electron chi connectivity index (χ0n) is 11.8. The highest BCUT2D eigenvalue weighted by molar-refractivity contribution is 5.85. The van der Waals surface area contributed by atoms with E-state index in [0.29, 0.717) is 18.7 Å². The number of hydrogen-bond acceptors (Lipinski definition) is 3. The van der Waals surface area contributed by atoms with E-state index in [1.807, 2.05) is 37.3 Å². The topological polar surface area (TPSA) is 68.0 Å². The van der Waals surface area contributed by atoms with Gasteiger partial charge in [0.2, 0.25) is 5.91 Å². The van der Waals surface area contributed by atoms with E-state index in [-0.39, 0.29) is 0 Å². The third-order valence-corrected chi connectivity index (χ3v) is 3.55. The monoisotopic (exact) mass is 287 g/mol. The van der Waals surface area contributed by atoms with Crippen LogP contribution in [0.2, 0.25) is 0 Å². The van der Waals surface area contributed by atoms with Gasteiger partial charge in [-0.05, 0) is 24.1 Å². The van der Waals surface area contributed by atoms with Gasteiger partial charge in [0.15, 0.2) is 0 Å². The van der Waals surface area contributed by atoms with Crippen LogP contribution in [0.1, 0.15) is 24.6 Å². The molecule has 0 radical (unpaired) electrons. The van der Waals surface area contributed by atoms with Crippen molar-refractivity contribution in [3.63, 3.8) is 0 Å². The number of rotatable bonds is 6. The quantitative estimate of drug-likeness (QED) is 0.855. The lowest BCUT2D eigenvalue weighted by Crippen LogP contribution is -2.52. The molecule has 4 nitrogen and oxygen atoms in total. The lowest BCUT2D eigenvalue weighted by atomic mass is 9.90. The molecule has 1 unspecified atom stereocenters. The standard InChI is InChI=1S/C16H18FN3O/c1-2-16(15(18)21,14-9-8-13(17)11-19-14)20-10-12-6-4-3-5-7-12/h3-9,11,20H,2,10H2,1H3,(H2,18,21). The summed E-state index contributed by atoms with van der Waals surface area (Å²) in [6.45, 7) is 2.31. The zero-order chi connectivity index (χ0) is 15.3. The minimum absolute atomic E-state index is 0.424. The average molecular weight is 287 g/mol. The molecule has 0 saturated heterocycles. The fourth-order valence-corrected chi connectivity index (χ4v) is 2.26. The maximum Gasteiger partial charge on any atom is 0.243 e. The molecule has 110 valence electrons. The molecule has 2 aromatic rings. The smallest absolute Gasteiger partial charge is 0.243 e. The molecule has 1 amide bonds. The zero-order valence-corrected chi connectivity index (χ0v) is 11.8. The Kier molecular flexibility index (Phi) is 4.65. The van der Waals surface area contributed by atoms with Gasteiger partial charge in [-0.15, -0.1) is 0 Å². The Balaban J connectivity index is 2.29. The number of carbonyl (C=O) groups excluding carboxylic acids is 1. The van der Waals surface area contributed by atoms with Crippen LogP contribution >= 0.6 is 0 Å². The summed E-state index contributed by atoms with van der Waals surface area (Å²) < 4.78 is 13.0. The van der Waals surface area contributed by atoms with E-state index in [0.717, 1.165) is 11.8 Å². The molecular weight excluding hydrogens is 269 g/mol. The number of nitrogens with one attached hydrogen (secondary N) is 1. The molecule has 1 aromatic carbocycles. The number of nitrogens with two attached hydrogens (primary N) is 1. The number of carbonyl (C=O) groups is 1. The van der Waals surface area contributed by atoms with Gasteiger partial charge in [-0.1, -0.05) is 37.3 Å². The van der Waals surface area contributed by atoms with Crippen molar-refractivity contribution in [2.75, 3.05) is 0 Å².